The second kappa shape index (κ2) is 6.99. The summed E-state index contributed by atoms with van der Waals surface area (Å²) in [5, 5.41) is 18.4. The molecule has 28 heavy (non-hydrogen) atoms. The van der Waals surface area contributed by atoms with Crippen LogP contribution in [0.3, 0.4) is 0 Å². The molecule has 3 aromatic rings. The van der Waals surface area contributed by atoms with E-state index < -0.39 is 5.63 Å². The molecule has 4 rings (SSSR count). The molecule has 0 fully saturated rings. The van der Waals surface area contributed by atoms with Gasteiger partial charge in [0, 0.05) is 30.3 Å². The summed E-state index contributed by atoms with van der Waals surface area (Å²) in [6, 6.07) is 8.94. The molecule has 0 bridgehead atoms. The Hall–Kier alpha value is -3.35. The minimum Gasteiger partial charge on any atom is -0.507 e. The molecule has 7 nitrogen and oxygen atoms in total. The van der Waals surface area contributed by atoms with Crippen LogP contribution in [0.15, 0.2) is 50.7 Å². The molecule has 0 spiro atoms. The number of benzene rings is 1. The Morgan fingerprint density at radius 3 is 2.82 bits per heavy atom. The van der Waals surface area contributed by atoms with E-state index in [9.17, 15) is 9.90 Å². The van der Waals surface area contributed by atoms with Crippen molar-refractivity contribution in [2.24, 2.45) is 4.99 Å². The van der Waals surface area contributed by atoms with Gasteiger partial charge in [-0.15, -0.1) is 0 Å². The third kappa shape index (κ3) is 3.09. The number of aryl methyl sites for hydroxylation is 2. The largest absolute Gasteiger partial charge is 0.507 e. The quantitative estimate of drug-likeness (QED) is 0.722. The van der Waals surface area contributed by atoms with E-state index in [4.69, 9.17) is 9.41 Å². The van der Waals surface area contributed by atoms with E-state index >= 15 is 0 Å². The fourth-order valence-electron chi connectivity index (χ4n) is 3.65. The van der Waals surface area contributed by atoms with E-state index in [0.717, 1.165) is 23.5 Å². The van der Waals surface area contributed by atoms with Crippen molar-refractivity contribution in [2.45, 2.75) is 39.8 Å². The molecule has 0 unspecified atom stereocenters. The molecule has 144 valence electrons. The topological polar surface area (TPSA) is 92.6 Å². The predicted molar refractivity (Wildman–Crippen MR) is 108 cm³/mol. The molecule has 1 aromatic carbocycles. The van der Waals surface area contributed by atoms with Gasteiger partial charge in [0.25, 0.3) is 0 Å². The van der Waals surface area contributed by atoms with E-state index in [2.05, 4.69) is 10.4 Å². The highest BCUT2D eigenvalue weighted by Gasteiger charge is 2.27. The van der Waals surface area contributed by atoms with Gasteiger partial charge >= 0.3 is 5.63 Å². The van der Waals surface area contributed by atoms with Crippen LogP contribution in [-0.4, -0.2) is 20.6 Å². The smallest absolute Gasteiger partial charge is 0.348 e. The number of fused-ring (bicyclic) bond motifs is 1. The first-order valence-corrected chi connectivity index (χ1v) is 9.27. The predicted octanol–water partition coefficient (Wildman–Crippen LogP) is 3.86. The summed E-state index contributed by atoms with van der Waals surface area (Å²) in [5.41, 5.74) is 3.66. The van der Waals surface area contributed by atoms with Crippen molar-refractivity contribution in [2.75, 3.05) is 5.32 Å². The number of rotatable bonds is 3. The van der Waals surface area contributed by atoms with Gasteiger partial charge in [-0.3, -0.25) is 9.67 Å². The maximum absolute atomic E-state index is 12.5. The van der Waals surface area contributed by atoms with Gasteiger partial charge in [-0.2, -0.15) is 5.10 Å². The van der Waals surface area contributed by atoms with Gasteiger partial charge in [-0.1, -0.05) is 12.1 Å². The average molecular weight is 378 g/mol. The van der Waals surface area contributed by atoms with Crippen molar-refractivity contribution >= 4 is 17.1 Å². The first-order chi connectivity index (χ1) is 13.5. The van der Waals surface area contributed by atoms with Gasteiger partial charge in [-0.05, 0) is 32.9 Å². The van der Waals surface area contributed by atoms with Crippen LogP contribution in [0, 0.1) is 13.8 Å². The van der Waals surface area contributed by atoms with Crippen LogP contribution in [0.4, 0.5) is 11.4 Å². The third-order valence-electron chi connectivity index (χ3n) is 5.05. The van der Waals surface area contributed by atoms with Crippen LogP contribution in [0.2, 0.25) is 0 Å². The molecule has 1 aliphatic heterocycles. The SMILES string of the molecule is CCn1ncc([C@@H]2CC(c3c(O)cc(C)oc3=O)=Nc3ccccc3N2)c1C. The van der Waals surface area contributed by atoms with E-state index in [1.165, 1.54) is 6.07 Å². The van der Waals surface area contributed by atoms with Crippen LogP contribution < -0.4 is 10.9 Å². The van der Waals surface area contributed by atoms with Crippen LogP contribution in [-0.2, 0) is 6.54 Å². The molecule has 0 aliphatic carbocycles. The molecular weight excluding hydrogens is 356 g/mol. The Balaban J connectivity index is 1.87. The van der Waals surface area contributed by atoms with Crippen LogP contribution >= 0.6 is 0 Å². The maximum atomic E-state index is 12.5. The molecule has 2 aromatic heterocycles. The number of aromatic nitrogens is 2. The van der Waals surface area contributed by atoms with Gasteiger partial charge in [0.1, 0.15) is 17.1 Å². The number of aromatic hydroxyl groups is 1. The number of para-hydroxylation sites is 2. The van der Waals surface area contributed by atoms with E-state index in [1.54, 1.807) is 6.92 Å². The molecule has 0 amide bonds. The highest BCUT2D eigenvalue weighted by Crippen LogP contribution is 2.36. The van der Waals surface area contributed by atoms with E-state index in [-0.39, 0.29) is 17.4 Å². The summed E-state index contributed by atoms with van der Waals surface area (Å²) in [6.45, 7) is 6.47. The first kappa shape index (κ1) is 18.0. The Labute approximate surface area is 162 Å². The zero-order valence-electron chi connectivity index (χ0n) is 16.1. The summed E-state index contributed by atoms with van der Waals surface area (Å²) in [7, 11) is 0. The number of aliphatic imine (C=N–C) groups is 1. The standard InChI is InChI=1S/C21H22N4O3/c1-4-25-13(3)14(11-22-25)17-10-18(20-19(26)9-12(2)28-21(20)27)24-16-8-6-5-7-15(16)23-17/h5-9,11,17,23,26H,4,10H2,1-3H3/t17-/m0/s1. The van der Waals surface area contributed by atoms with E-state index in [1.807, 2.05) is 49.0 Å². The summed E-state index contributed by atoms with van der Waals surface area (Å²) < 4.78 is 7.16. The van der Waals surface area contributed by atoms with Crippen LogP contribution in [0.1, 0.15) is 42.0 Å². The molecule has 3 heterocycles. The first-order valence-electron chi connectivity index (χ1n) is 9.27. The van der Waals surface area contributed by atoms with Crippen molar-refractivity contribution in [1.82, 2.24) is 9.78 Å². The second-order valence-corrected chi connectivity index (χ2v) is 6.88. The van der Waals surface area contributed by atoms with Crippen molar-refractivity contribution in [3.8, 4) is 5.75 Å². The summed E-state index contributed by atoms with van der Waals surface area (Å²) in [6.07, 6.45) is 2.26. The molecule has 1 atom stereocenters. The number of nitrogens with zero attached hydrogens (tertiary/aromatic N) is 3. The number of hydrogen-bond donors (Lipinski definition) is 2. The second-order valence-electron chi connectivity index (χ2n) is 6.88. The highest BCUT2D eigenvalue weighted by molar-refractivity contribution is 6.05. The minimum atomic E-state index is -0.588. The summed E-state index contributed by atoms with van der Waals surface area (Å²) >= 11 is 0. The highest BCUT2D eigenvalue weighted by atomic mass is 16.4. The molecule has 2 N–H and O–H groups in total. The molecule has 0 saturated carbocycles. The van der Waals surface area contributed by atoms with Gasteiger partial charge in [0.15, 0.2) is 0 Å². The zero-order valence-corrected chi connectivity index (χ0v) is 16.1. The van der Waals surface area contributed by atoms with Crippen molar-refractivity contribution in [3.05, 3.63) is 69.5 Å². The molecule has 7 heteroatoms. The Bertz CT molecular complexity index is 1130. The Morgan fingerprint density at radius 1 is 1.32 bits per heavy atom. The summed E-state index contributed by atoms with van der Waals surface area (Å²) in [4.78, 5) is 17.2. The minimum absolute atomic E-state index is 0.106. The van der Waals surface area contributed by atoms with Crippen molar-refractivity contribution in [1.29, 1.82) is 0 Å². The van der Waals surface area contributed by atoms with Crippen LogP contribution in [0.5, 0.6) is 5.75 Å². The molecule has 0 radical (unpaired) electrons. The lowest BCUT2D eigenvalue weighted by atomic mass is 9.98. The third-order valence-corrected chi connectivity index (χ3v) is 5.05. The normalized spacial score (nSPS) is 16.1. The lowest BCUT2D eigenvalue weighted by molar-refractivity contribution is 0.432. The molecule has 1 aliphatic rings. The molecule has 0 saturated heterocycles. The lowest BCUT2D eigenvalue weighted by Gasteiger charge is -2.19. The van der Waals surface area contributed by atoms with E-state index in [0.29, 0.717) is 23.6 Å². The van der Waals surface area contributed by atoms with Crippen molar-refractivity contribution < 1.29 is 9.52 Å². The number of nitrogens with one attached hydrogen (secondary N) is 1. The Morgan fingerprint density at radius 2 is 2.11 bits per heavy atom. The monoisotopic (exact) mass is 378 g/mol. The number of anilines is 1. The lowest BCUT2D eigenvalue weighted by Crippen LogP contribution is -2.20. The van der Waals surface area contributed by atoms with Gasteiger partial charge in [0.2, 0.25) is 0 Å². The van der Waals surface area contributed by atoms with Crippen LogP contribution in [0.25, 0.3) is 0 Å². The van der Waals surface area contributed by atoms with Gasteiger partial charge in [-0.25, -0.2) is 4.79 Å². The molecular formula is C21H22N4O3. The number of hydrogen-bond acceptors (Lipinski definition) is 6. The fraction of sp³-hybridized carbons (Fsp3) is 0.286. The van der Waals surface area contributed by atoms with Crippen molar-refractivity contribution in [3.63, 3.8) is 0 Å². The fourth-order valence-corrected chi connectivity index (χ4v) is 3.65. The zero-order chi connectivity index (χ0) is 19.8. The summed E-state index contributed by atoms with van der Waals surface area (Å²) in [5.74, 6) is 0.238. The maximum Gasteiger partial charge on any atom is 0.348 e. The average Bonchev–Trinajstić information content (AvgIpc) is 2.91. The van der Waals surface area contributed by atoms with Gasteiger partial charge < -0.3 is 14.8 Å². The van der Waals surface area contributed by atoms with Gasteiger partial charge in [0.05, 0.1) is 29.3 Å². The Kier molecular flexibility index (Phi) is 4.50.